The minimum atomic E-state index is -0.523. The molecule has 1 aliphatic heterocycles. The Morgan fingerprint density at radius 2 is 2.39 bits per heavy atom. The normalized spacial score (nSPS) is 21.6. The van der Waals surface area contributed by atoms with E-state index >= 15 is 0 Å². The molecule has 2 atom stereocenters. The highest BCUT2D eigenvalue weighted by Gasteiger charge is 2.16. The summed E-state index contributed by atoms with van der Waals surface area (Å²) in [5.74, 6) is 0.733. The van der Waals surface area contributed by atoms with Crippen molar-refractivity contribution in [2.45, 2.75) is 25.6 Å². The second kappa shape index (κ2) is 6.18. The van der Waals surface area contributed by atoms with Gasteiger partial charge in [-0.25, -0.2) is 0 Å². The molecule has 0 spiro atoms. The number of hydrogen-bond donors (Lipinski definition) is 2. The fourth-order valence-electron chi connectivity index (χ4n) is 2.25. The number of aliphatic hydroxyl groups is 1. The molecule has 100 valence electrons. The number of aliphatic hydroxyl groups excluding tert-OH is 1. The van der Waals surface area contributed by atoms with Crippen LogP contribution >= 0.6 is 0 Å². The number of hydrogen-bond acceptors (Lipinski definition) is 4. The Kier molecular flexibility index (Phi) is 4.58. The van der Waals surface area contributed by atoms with E-state index in [0.29, 0.717) is 0 Å². The van der Waals surface area contributed by atoms with Gasteiger partial charge in [-0.05, 0) is 31.0 Å². The molecule has 0 bridgehead atoms. The van der Waals surface area contributed by atoms with Crippen LogP contribution in [0.2, 0.25) is 0 Å². The summed E-state index contributed by atoms with van der Waals surface area (Å²) in [4.78, 5) is 0. The molecule has 1 aromatic rings. The highest BCUT2D eigenvalue weighted by Crippen LogP contribution is 2.26. The number of methoxy groups -OCH3 is 1. The van der Waals surface area contributed by atoms with Crippen LogP contribution in [0, 0.1) is 0 Å². The number of benzene rings is 1. The maximum atomic E-state index is 9.74. The lowest BCUT2D eigenvalue weighted by Gasteiger charge is -2.24. The number of rotatable bonds is 4. The Labute approximate surface area is 108 Å². The van der Waals surface area contributed by atoms with E-state index in [-0.39, 0.29) is 6.10 Å². The van der Waals surface area contributed by atoms with Gasteiger partial charge in [0.1, 0.15) is 5.75 Å². The molecule has 0 aliphatic carbocycles. The fourth-order valence-corrected chi connectivity index (χ4v) is 2.25. The van der Waals surface area contributed by atoms with E-state index in [1.54, 1.807) is 14.0 Å². The average Bonchev–Trinajstić information content (AvgIpc) is 2.40. The van der Waals surface area contributed by atoms with Crippen molar-refractivity contribution < 1.29 is 14.6 Å². The van der Waals surface area contributed by atoms with Crippen molar-refractivity contribution in [3.05, 3.63) is 29.3 Å². The molecule has 2 unspecified atom stereocenters. The summed E-state index contributed by atoms with van der Waals surface area (Å²) < 4.78 is 10.9. The summed E-state index contributed by atoms with van der Waals surface area (Å²) >= 11 is 0. The Bertz CT molecular complexity index is 387. The van der Waals surface area contributed by atoms with Gasteiger partial charge >= 0.3 is 0 Å². The van der Waals surface area contributed by atoms with Crippen molar-refractivity contribution in [1.82, 2.24) is 5.32 Å². The Morgan fingerprint density at radius 3 is 3.00 bits per heavy atom. The predicted molar refractivity (Wildman–Crippen MR) is 69.9 cm³/mol. The fraction of sp³-hybridized carbons (Fsp3) is 0.571. The molecule has 2 N–H and O–H groups in total. The maximum absolute atomic E-state index is 9.74. The van der Waals surface area contributed by atoms with Gasteiger partial charge < -0.3 is 19.9 Å². The number of ether oxygens (including phenoxy) is 2. The molecule has 1 fully saturated rings. The second-order valence-electron chi connectivity index (χ2n) is 4.65. The molecular formula is C14H21NO3. The zero-order valence-electron chi connectivity index (χ0n) is 11.0. The van der Waals surface area contributed by atoms with Crippen LogP contribution in [0.5, 0.6) is 5.75 Å². The van der Waals surface area contributed by atoms with Crippen molar-refractivity contribution in [3.63, 3.8) is 0 Å². The lowest BCUT2D eigenvalue weighted by molar-refractivity contribution is 0.0292. The topological polar surface area (TPSA) is 50.7 Å². The highest BCUT2D eigenvalue weighted by molar-refractivity contribution is 5.38. The summed E-state index contributed by atoms with van der Waals surface area (Å²) in [6, 6.07) is 5.94. The van der Waals surface area contributed by atoms with Crippen LogP contribution in [0.1, 0.15) is 24.2 Å². The first-order chi connectivity index (χ1) is 8.70. The zero-order valence-corrected chi connectivity index (χ0v) is 11.0. The standard InChI is InChI=1S/C14H21NO3/c1-10(16)13-8-11(3-4-14(13)17-2)7-12-9-15-5-6-18-12/h3-4,8,10,12,15-16H,5-7,9H2,1-2H3. The van der Waals surface area contributed by atoms with Crippen LogP contribution in [-0.4, -0.2) is 38.0 Å². The molecule has 0 radical (unpaired) electrons. The second-order valence-corrected chi connectivity index (χ2v) is 4.65. The van der Waals surface area contributed by atoms with Crippen molar-refractivity contribution >= 4 is 0 Å². The van der Waals surface area contributed by atoms with E-state index in [4.69, 9.17) is 9.47 Å². The van der Waals surface area contributed by atoms with Gasteiger partial charge in [0.05, 0.1) is 25.9 Å². The Hall–Kier alpha value is -1.10. The van der Waals surface area contributed by atoms with Gasteiger partial charge in [-0.2, -0.15) is 0 Å². The van der Waals surface area contributed by atoms with Crippen molar-refractivity contribution in [3.8, 4) is 5.75 Å². The van der Waals surface area contributed by atoms with Gasteiger partial charge in [-0.15, -0.1) is 0 Å². The smallest absolute Gasteiger partial charge is 0.124 e. The molecule has 1 heterocycles. The third kappa shape index (κ3) is 3.22. The van der Waals surface area contributed by atoms with Gasteiger partial charge in [0.2, 0.25) is 0 Å². The summed E-state index contributed by atoms with van der Waals surface area (Å²) in [6.07, 6.45) is 0.552. The minimum absolute atomic E-state index is 0.217. The van der Waals surface area contributed by atoms with E-state index in [0.717, 1.165) is 37.4 Å². The molecule has 4 heteroatoms. The first-order valence-corrected chi connectivity index (χ1v) is 6.38. The summed E-state index contributed by atoms with van der Waals surface area (Å²) in [6.45, 7) is 4.33. The van der Waals surface area contributed by atoms with E-state index in [1.165, 1.54) is 5.56 Å². The van der Waals surface area contributed by atoms with E-state index in [2.05, 4.69) is 5.32 Å². The molecule has 0 saturated carbocycles. The monoisotopic (exact) mass is 251 g/mol. The van der Waals surface area contributed by atoms with Crippen LogP contribution in [0.3, 0.4) is 0 Å². The van der Waals surface area contributed by atoms with Gasteiger partial charge in [0.15, 0.2) is 0 Å². The molecule has 1 saturated heterocycles. The SMILES string of the molecule is COc1ccc(CC2CNCCO2)cc1C(C)O. The van der Waals surface area contributed by atoms with Crippen LogP contribution in [-0.2, 0) is 11.2 Å². The molecule has 1 aromatic carbocycles. The number of morpholine rings is 1. The Morgan fingerprint density at radius 1 is 1.56 bits per heavy atom. The van der Waals surface area contributed by atoms with E-state index in [9.17, 15) is 5.11 Å². The molecule has 0 amide bonds. The first-order valence-electron chi connectivity index (χ1n) is 6.38. The Balaban J connectivity index is 2.10. The van der Waals surface area contributed by atoms with Gasteiger partial charge in [-0.3, -0.25) is 0 Å². The maximum Gasteiger partial charge on any atom is 0.124 e. The molecule has 1 aliphatic rings. The van der Waals surface area contributed by atoms with Crippen LogP contribution in [0.25, 0.3) is 0 Å². The average molecular weight is 251 g/mol. The lowest BCUT2D eigenvalue weighted by Crippen LogP contribution is -2.39. The quantitative estimate of drug-likeness (QED) is 0.846. The zero-order chi connectivity index (χ0) is 13.0. The molecule has 2 rings (SSSR count). The van der Waals surface area contributed by atoms with Crippen LogP contribution in [0.15, 0.2) is 18.2 Å². The van der Waals surface area contributed by atoms with E-state index in [1.807, 2.05) is 18.2 Å². The highest BCUT2D eigenvalue weighted by atomic mass is 16.5. The van der Waals surface area contributed by atoms with E-state index < -0.39 is 6.10 Å². The summed E-state index contributed by atoms with van der Waals surface area (Å²) in [5.41, 5.74) is 2.00. The summed E-state index contributed by atoms with van der Waals surface area (Å²) in [7, 11) is 1.62. The minimum Gasteiger partial charge on any atom is -0.496 e. The van der Waals surface area contributed by atoms with Crippen LogP contribution in [0.4, 0.5) is 0 Å². The lowest BCUT2D eigenvalue weighted by atomic mass is 10.0. The van der Waals surface area contributed by atoms with Crippen molar-refractivity contribution in [2.75, 3.05) is 26.8 Å². The number of nitrogens with one attached hydrogen (secondary N) is 1. The molecule has 0 aromatic heterocycles. The van der Waals surface area contributed by atoms with Gasteiger partial charge in [0, 0.05) is 18.7 Å². The predicted octanol–water partition coefficient (Wildman–Crippen LogP) is 1.28. The molecule has 4 nitrogen and oxygen atoms in total. The first kappa shape index (κ1) is 13.3. The van der Waals surface area contributed by atoms with Crippen molar-refractivity contribution in [1.29, 1.82) is 0 Å². The van der Waals surface area contributed by atoms with Gasteiger partial charge in [0.25, 0.3) is 0 Å². The molecule has 18 heavy (non-hydrogen) atoms. The van der Waals surface area contributed by atoms with Crippen molar-refractivity contribution in [2.24, 2.45) is 0 Å². The summed E-state index contributed by atoms with van der Waals surface area (Å²) in [5, 5.41) is 13.1. The third-order valence-electron chi connectivity index (χ3n) is 3.21. The largest absolute Gasteiger partial charge is 0.496 e. The van der Waals surface area contributed by atoms with Crippen LogP contribution < -0.4 is 10.1 Å². The molecular weight excluding hydrogens is 230 g/mol. The van der Waals surface area contributed by atoms with Gasteiger partial charge in [-0.1, -0.05) is 6.07 Å². The third-order valence-corrected chi connectivity index (χ3v) is 3.21.